The van der Waals surface area contributed by atoms with Crippen molar-refractivity contribution >= 4 is 11.9 Å². The molecule has 3 rings (SSSR count). The van der Waals surface area contributed by atoms with Gasteiger partial charge < -0.3 is 15.0 Å². The van der Waals surface area contributed by atoms with Crippen molar-refractivity contribution in [2.75, 3.05) is 25.6 Å². The Balaban J connectivity index is 1.53. The molecule has 1 N–H and O–H groups in total. The van der Waals surface area contributed by atoms with Gasteiger partial charge in [0.25, 0.3) is 5.91 Å². The second-order valence-corrected chi connectivity index (χ2v) is 6.43. The largest absolute Gasteiger partial charge is 0.496 e. The molecule has 0 bridgehead atoms. The van der Waals surface area contributed by atoms with E-state index in [9.17, 15) is 4.79 Å². The van der Waals surface area contributed by atoms with Crippen LogP contribution in [-0.2, 0) is 13.0 Å². The lowest BCUT2D eigenvalue weighted by Gasteiger charge is -2.17. The zero-order valence-electron chi connectivity index (χ0n) is 16.1. The number of benzene rings is 2. The van der Waals surface area contributed by atoms with Gasteiger partial charge in [-0.25, -0.2) is 9.97 Å². The van der Waals surface area contributed by atoms with E-state index in [4.69, 9.17) is 4.74 Å². The summed E-state index contributed by atoms with van der Waals surface area (Å²) in [6.45, 7) is 1.21. The minimum atomic E-state index is -0.188. The van der Waals surface area contributed by atoms with Crippen LogP contribution in [0.5, 0.6) is 5.75 Å². The normalized spacial score (nSPS) is 10.4. The number of carbonyl (C=O) groups excluding carboxylic acids is 1. The van der Waals surface area contributed by atoms with Gasteiger partial charge in [0.15, 0.2) is 0 Å². The smallest absolute Gasteiger partial charge is 0.254 e. The van der Waals surface area contributed by atoms with Gasteiger partial charge in [-0.1, -0.05) is 48.5 Å². The lowest BCUT2D eigenvalue weighted by Crippen LogP contribution is -2.26. The van der Waals surface area contributed by atoms with Crippen LogP contribution >= 0.6 is 0 Å². The van der Waals surface area contributed by atoms with Crippen LogP contribution in [0.2, 0.25) is 0 Å². The summed E-state index contributed by atoms with van der Waals surface area (Å²) < 4.78 is 5.33. The standard InChI is InChI=1S/C22H24N4O2/c1-26(16-17-8-4-3-5-9-17)22-24-14-19(15-25-22)21(27)23-13-12-18-10-6-7-11-20(18)28-2/h3-11,14-15H,12-13,16H2,1-2H3,(H,23,27). The van der Waals surface area contributed by atoms with Gasteiger partial charge in [-0.05, 0) is 23.6 Å². The molecule has 144 valence electrons. The highest BCUT2D eigenvalue weighted by Crippen LogP contribution is 2.17. The average Bonchev–Trinajstić information content (AvgIpc) is 2.75. The molecule has 1 amide bonds. The fraction of sp³-hybridized carbons (Fsp3) is 0.227. The third-order valence-electron chi connectivity index (χ3n) is 4.38. The highest BCUT2D eigenvalue weighted by atomic mass is 16.5. The van der Waals surface area contributed by atoms with Crippen molar-refractivity contribution in [1.82, 2.24) is 15.3 Å². The number of hydrogen-bond acceptors (Lipinski definition) is 5. The zero-order valence-corrected chi connectivity index (χ0v) is 16.1. The summed E-state index contributed by atoms with van der Waals surface area (Å²) >= 11 is 0. The van der Waals surface area contributed by atoms with E-state index in [-0.39, 0.29) is 5.91 Å². The topological polar surface area (TPSA) is 67.3 Å². The van der Waals surface area contributed by atoms with Gasteiger partial charge in [0.05, 0.1) is 12.7 Å². The molecule has 2 aromatic carbocycles. The molecular formula is C22H24N4O2. The molecule has 1 heterocycles. The fourth-order valence-electron chi connectivity index (χ4n) is 2.89. The van der Waals surface area contributed by atoms with E-state index in [1.54, 1.807) is 19.5 Å². The van der Waals surface area contributed by atoms with E-state index >= 15 is 0 Å². The zero-order chi connectivity index (χ0) is 19.8. The van der Waals surface area contributed by atoms with Gasteiger partial charge >= 0.3 is 0 Å². The summed E-state index contributed by atoms with van der Waals surface area (Å²) in [5, 5.41) is 2.90. The van der Waals surface area contributed by atoms with Crippen LogP contribution in [0.3, 0.4) is 0 Å². The molecule has 0 aliphatic heterocycles. The third kappa shape index (κ3) is 5.07. The lowest BCUT2D eigenvalue weighted by molar-refractivity contribution is 0.0953. The second-order valence-electron chi connectivity index (χ2n) is 6.43. The molecule has 0 saturated carbocycles. The molecule has 28 heavy (non-hydrogen) atoms. The molecule has 0 saturated heterocycles. The molecule has 0 atom stereocenters. The van der Waals surface area contributed by atoms with Crippen LogP contribution in [0.15, 0.2) is 67.0 Å². The van der Waals surface area contributed by atoms with Crippen molar-refractivity contribution in [1.29, 1.82) is 0 Å². The quantitative estimate of drug-likeness (QED) is 0.654. The summed E-state index contributed by atoms with van der Waals surface area (Å²) in [6.07, 6.45) is 3.80. The van der Waals surface area contributed by atoms with Gasteiger partial charge in [-0.2, -0.15) is 0 Å². The molecule has 3 aromatic rings. The van der Waals surface area contributed by atoms with Gasteiger partial charge in [-0.15, -0.1) is 0 Å². The van der Waals surface area contributed by atoms with E-state index in [1.807, 2.05) is 54.4 Å². The first kappa shape index (κ1) is 19.4. The van der Waals surface area contributed by atoms with Crippen LogP contribution in [-0.4, -0.2) is 36.6 Å². The van der Waals surface area contributed by atoms with Gasteiger partial charge in [-0.3, -0.25) is 4.79 Å². The predicted octanol–water partition coefficient (Wildman–Crippen LogP) is 3.09. The molecular weight excluding hydrogens is 352 g/mol. The Morgan fingerprint density at radius 2 is 1.71 bits per heavy atom. The Kier molecular flexibility index (Phi) is 6.57. The van der Waals surface area contributed by atoms with Crippen molar-refractivity contribution in [2.24, 2.45) is 0 Å². The van der Waals surface area contributed by atoms with Crippen molar-refractivity contribution in [3.05, 3.63) is 83.7 Å². The number of methoxy groups -OCH3 is 1. The van der Waals surface area contributed by atoms with E-state index < -0.39 is 0 Å². The molecule has 1 aromatic heterocycles. The minimum absolute atomic E-state index is 0.188. The highest BCUT2D eigenvalue weighted by molar-refractivity contribution is 5.93. The monoisotopic (exact) mass is 376 g/mol. The molecule has 0 spiro atoms. The maximum atomic E-state index is 12.3. The van der Waals surface area contributed by atoms with E-state index in [1.165, 1.54) is 5.56 Å². The molecule has 0 radical (unpaired) electrons. The fourth-order valence-corrected chi connectivity index (χ4v) is 2.89. The van der Waals surface area contributed by atoms with E-state index in [2.05, 4.69) is 27.4 Å². The molecule has 0 aliphatic rings. The Morgan fingerprint density at radius 1 is 1.04 bits per heavy atom. The first-order valence-corrected chi connectivity index (χ1v) is 9.14. The number of nitrogens with zero attached hydrogens (tertiary/aromatic N) is 3. The van der Waals surface area contributed by atoms with Crippen molar-refractivity contribution < 1.29 is 9.53 Å². The summed E-state index contributed by atoms with van der Waals surface area (Å²) in [5.74, 6) is 1.22. The summed E-state index contributed by atoms with van der Waals surface area (Å²) in [6, 6.07) is 17.9. The van der Waals surface area contributed by atoms with Gasteiger partial charge in [0.2, 0.25) is 5.95 Å². The molecule has 6 heteroatoms. The Hall–Kier alpha value is -3.41. The Morgan fingerprint density at radius 3 is 2.43 bits per heavy atom. The number of nitrogens with one attached hydrogen (secondary N) is 1. The highest BCUT2D eigenvalue weighted by Gasteiger charge is 2.10. The van der Waals surface area contributed by atoms with Crippen LogP contribution in [0.25, 0.3) is 0 Å². The number of para-hydroxylation sites is 1. The van der Waals surface area contributed by atoms with Crippen molar-refractivity contribution in [3.63, 3.8) is 0 Å². The van der Waals surface area contributed by atoms with Crippen LogP contribution in [0.4, 0.5) is 5.95 Å². The average molecular weight is 376 g/mol. The number of anilines is 1. The third-order valence-corrected chi connectivity index (χ3v) is 4.38. The maximum Gasteiger partial charge on any atom is 0.254 e. The maximum absolute atomic E-state index is 12.3. The first-order valence-electron chi connectivity index (χ1n) is 9.14. The van der Waals surface area contributed by atoms with Crippen molar-refractivity contribution in [3.8, 4) is 5.75 Å². The van der Waals surface area contributed by atoms with Crippen molar-refractivity contribution in [2.45, 2.75) is 13.0 Å². The van der Waals surface area contributed by atoms with Crippen LogP contribution in [0.1, 0.15) is 21.5 Å². The minimum Gasteiger partial charge on any atom is -0.496 e. The van der Waals surface area contributed by atoms with Crippen LogP contribution < -0.4 is 15.0 Å². The molecule has 0 fully saturated rings. The number of carbonyl (C=O) groups is 1. The first-order chi connectivity index (χ1) is 13.7. The van der Waals surface area contributed by atoms with E-state index in [0.717, 1.165) is 11.3 Å². The Bertz CT molecular complexity index is 898. The predicted molar refractivity (Wildman–Crippen MR) is 110 cm³/mol. The number of aromatic nitrogens is 2. The Labute approximate surface area is 165 Å². The molecule has 6 nitrogen and oxygen atoms in total. The molecule has 0 aliphatic carbocycles. The van der Waals surface area contributed by atoms with Crippen LogP contribution in [0, 0.1) is 0 Å². The van der Waals surface area contributed by atoms with E-state index in [0.29, 0.717) is 31.0 Å². The SMILES string of the molecule is COc1ccccc1CCNC(=O)c1cnc(N(C)Cc2ccccc2)nc1. The second kappa shape index (κ2) is 9.50. The number of hydrogen-bond donors (Lipinski definition) is 1. The summed E-state index contributed by atoms with van der Waals surface area (Å²) in [4.78, 5) is 22.9. The molecule has 0 unspecified atom stereocenters. The van der Waals surface area contributed by atoms with Gasteiger partial charge in [0, 0.05) is 32.5 Å². The number of amides is 1. The number of rotatable bonds is 8. The lowest BCUT2D eigenvalue weighted by atomic mass is 10.1. The summed E-state index contributed by atoms with van der Waals surface area (Å²) in [7, 11) is 3.57. The summed E-state index contributed by atoms with van der Waals surface area (Å²) in [5.41, 5.74) is 2.67. The van der Waals surface area contributed by atoms with Gasteiger partial charge in [0.1, 0.15) is 5.75 Å². The number of ether oxygens (including phenoxy) is 1.